The Hall–Kier alpha value is -1.00. The quantitative estimate of drug-likeness (QED) is 0.754. The van der Waals surface area contributed by atoms with Crippen molar-refractivity contribution in [2.24, 2.45) is 0 Å². The van der Waals surface area contributed by atoms with Gasteiger partial charge in [-0.05, 0) is 6.07 Å². The zero-order valence-corrected chi connectivity index (χ0v) is 10.8. The Kier molecular flexibility index (Phi) is 4.07. The molecule has 0 aromatic carbocycles. The van der Waals surface area contributed by atoms with E-state index >= 15 is 0 Å². The molecule has 17 heavy (non-hydrogen) atoms. The van der Waals surface area contributed by atoms with Gasteiger partial charge in [-0.2, -0.15) is 0 Å². The van der Waals surface area contributed by atoms with Gasteiger partial charge >= 0.3 is 0 Å². The fourth-order valence-electron chi connectivity index (χ4n) is 1.89. The molecular weight excluding hydrogens is 261 g/mol. The average molecular weight is 275 g/mol. The number of aromatic nitrogens is 1. The van der Waals surface area contributed by atoms with Gasteiger partial charge in [-0.1, -0.05) is 29.3 Å². The second-order valence-corrected chi connectivity index (χ2v) is 4.96. The standard InChI is InChI=1S/C11H13Cl2N3O/c12-10(13)11(17)16-7-5-15(6-8-16)9-3-1-2-4-14-9/h1-4,10H,5-8H2/p+1. The topological polar surface area (TPSA) is 37.7 Å². The number of nitrogens with one attached hydrogen (secondary N) is 1. The number of hydrogen-bond acceptors (Lipinski definition) is 2. The Morgan fingerprint density at radius 1 is 1.24 bits per heavy atom. The lowest BCUT2D eigenvalue weighted by atomic mass is 10.3. The number of aromatic amines is 1. The molecule has 1 saturated heterocycles. The minimum Gasteiger partial charge on any atom is -0.332 e. The molecule has 0 bridgehead atoms. The molecule has 0 atom stereocenters. The molecule has 1 aromatic rings. The van der Waals surface area contributed by atoms with Gasteiger partial charge in [-0.3, -0.25) is 9.69 Å². The summed E-state index contributed by atoms with van der Waals surface area (Å²) in [5.41, 5.74) is 0. The fraction of sp³-hybridized carbons (Fsp3) is 0.455. The molecule has 2 heterocycles. The number of rotatable bonds is 2. The van der Waals surface area contributed by atoms with E-state index in [1.165, 1.54) is 0 Å². The van der Waals surface area contributed by atoms with Gasteiger partial charge in [0.25, 0.3) is 11.7 Å². The van der Waals surface area contributed by atoms with Crippen LogP contribution in [0.4, 0.5) is 5.82 Å². The zero-order valence-electron chi connectivity index (χ0n) is 9.27. The molecule has 0 aliphatic carbocycles. The highest BCUT2D eigenvalue weighted by molar-refractivity contribution is 6.53. The minimum atomic E-state index is -0.954. The van der Waals surface area contributed by atoms with E-state index < -0.39 is 4.84 Å². The molecule has 2 rings (SSSR count). The molecule has 92 valence electrons. The Balaban J connectivity index is 1.93. The molecule has 0 unspecified atom stereocenters. The molecule has 1 N–H and O–H groups in total. The molecular formula is C11H14Cl2N3O+. The number of nitrogens with zero attached hydrogens (tertiary/aromatic N) is 2. The SMILES string of the molecule is O=C(C(Cl)Cl)N1CCN(c2cccc[nH+]2)CC1. The van der Waals surface area contributed by atoms with Crippen LogP contribution < -0.4 is 9.88 Å². The van der Waals surface area contributed by atoms with E-state index in [1.807, 2.05) is 24.4 Å². The minimum absolute atomic E-state index is 0.204. The van der Waals surface area contributed by atoms with Crippen LogP contribution in [-0.4, -0.2) is 41.8 Å². The number of pyridine rings is 1. The largest absolute Gasteiger partial charge is 0.332 e. The number of piperazine rings is 1. The van der Waals surface area contributed by atoms with Crippen LogP contribution in [0.5, 0.6) is 0 Å². The predicted octanol–water partition coefficient (Wildman–Crippen LogP) is 0.953. The van der Waals surface area contributed by atoms with E-state index in [1.54, 1.807) is 4.90 Å². The van der Waals surface area contributed by atoms with Crippen molar-refractivity contribution in [3.8, 4) is 0 Å². The van der Waals surface area contributed by atoms with E-state index in [-0.39, 0.29) is 5.91 Å². The highest BCUT2D eigenvalue weighted by Crippen LogP contribution is 2.13. The second kappa shape index (κ2) is 5.56. The summed E-state index contributed by atoms with van der Waals surface area (Å²) in [7, 11) is 0. The smallest absolute Gasteiger partial charge is 0.274 e. The van der Waals surface area contributed by atoms with Crippen molar-refractivity contribution in [1.29, 1.82) is 0 Å². The highest BCUT2D eigenvalue weighted by Gasteiger charge is 2.28. The van der Waals surface area contributed by atoms with Crippen molar-refractivity contribution in [3.05, 3.63) is 24.4 Å². The van der Waals surface area contributed by atoms with Crippen LogP contribution in [0.25, 0.3) is 0 Å². The van der Waals surface area contributed by atoms with Crippen LogP contribution in [-0.2, 0) is 4.79 Å². The van der Waals surface area contributed by atoms with E-state index in [0.29, 0.717) is 13.1 Å². The summed E-state index contributed by atoms with van der Waals surface area (Å²) in [4.78, 5) is 17.7. The molecule has 4 nitrogen and oxygen atoms in total. The summed E-state index contributed by atoms with van der Waals surface area (Å²) in [5.74, 6) is 0.859. The molecule has 1 fully saturated rings. The lowest BCUT2D eigenvalue weighted by Crippen LogP contribution is -2.51. The van der Waals surface area contributed by atoms with Crippen molar-refractivity contribution in [2.45, 2.75) is 4.84 Å². The third-order valence-electron chi connectivity index (χ3n) is 2.81. The van der Waals surface area contributed by atoms with E-state index in [0.717, 1.165) is 18.9 Å². The number of hydrogen-bond donors (Lipinski definition) is 0. The Labute approximate surface area is 110 Å². The highest BCUT2D eigenvalue weighted by atomic mass is 35.5. The molecule has 1 amide bonds. The van der Waals surface area contributed by atoms with Gasteiger partial charge in [0, 0.05) is 6.07 Å². The molecule has 0 spiro atoms. The summed E-state index contributed by atoms with van der Waals surface area (Å²) in [6.45, 7) is 2.87. The summed E-state index contributed by atoms with van der Waals surface area (Å²) >= 11 is 11.1. The molecule has 0 saturated carbocycles. The monoisotopic (exact) mass is 274 g/mol. The number of carbonyl (C=O) groups is 1. The summed E-state index contributed by atoms with van der Waals surface area (Å²) in [6.07, 6.45) is 1.89. The number of amides is 1. The summed E-state index contributed by atoms with van der Waals surface area (Å²) in [6, 6.07) is 5.94. The number of anilines is 1. The normalized spacial score (nSPS) is 16.4. The summed E-state index contributed by atoms with van der Waals surface area (Å²) in [5, 5.41) is 0. The number of halogens is 2. The number of H-pyrrole nitrogens is 1. The Bertz CT molecular complexity index is 378. The van der Waals surface area contributed by atoms with Crippen molar-refractivity contribution in [1.82, 2.24) is 4.90 Å². The van der Waals surface area contributed by atoms with Crippen LogP contribution in [0.2, 0.25) is 0 Å². The van der Waals surface area contributed by atoms with Gasteiger partial charge in [0.2, 0.25) is 0 Å². The lowest BCUT2D eigenvalue weighted by molar-refractivity contribution is -0.364. The third-order valence-corrected chi connectivity index (χ3v) is 3.18. The zero-order chi connectivity index (χ0) is 12.3. The van der Waals surface area contributed by atoms with Crippen molar-refractivity contribution in [3.63, 3.8) is 0 Å². The van der Waals surface area contributed by atoms with Crippen LogP contribution >= 0.6 is 23.2 Å². The van der Waals surface area contributed by atoms with E-state index in [4.69, 9.17) is 23.2 Å². The van der Waals surface area contributed by atoms with Crippen molar-refractivity contribution < 1.29 is 9.78 Å². The molecule has 1 aromatic heterocycles. The average Bonchev–Trinajstić information content (AvgIpc) is 2.39. The van der Waals surface area contributed by atoms with Gasteiger partial charge in [0.05, 0.1) is 19.3 Å². The first-order valence-electron chi connectivity index (χ1n) is 5.47. The number of alkyl halides is 2. The fourth-order valence-corrected chi connectivity index (χ4v) is 2.16. The first-order valence-corrected chi connectivity index (χ1v) is 6.34. The van der Waals surface area contributed by atoms with Gasteiger partial charge in [0.1, 0.15) is 13.1 Å². The van der Waals surface area contributed by atoms with Gasteiger partial charge in [-0.25, -0.2) is 4.98 Å². The summed E-state index contributed by atoms with van der Waals surface area (Å²) < 4.78 is 0. The first-order chi connectivity index (χ1) is 8.18. The van der Waals surface area contributed by atoms with Gasteiger partial charge < -0.3 is 4.90 Å². The van der Waals surface area contributed by atoms with E-state index in [9.17, 15) is 4.79 Å². The molecule has 6 heteroatoms. The number of carbonyl (C=O) groups excluding carboxylic acids is 1. The maximum atomic E-state index is 11.6. The van der Waals surface area contributed by atoms with Crippen LogP contribution in [0.15, 0.2) is 24.4 Å². The van der Waals surface area contributed by atoms with Crippen LogP contribution in [0.1, 0.15) is 0 Å². The third kappa shape index (κ3) is 3.01. The Morgan fingerprint density at radius 2 is 1.94 bits per heavy atom. The maximum absolute atomic E-state index is 11.6. The Morgan fingerprint density at radius 3 is 2.47 bits per heavy atom. The van der Waals surface area contributed by atoms with Crippen LogP contribution in [0.3, 0.4) is 0 Å². The van der Waals surface area contributed by atoms with Crippen molar-refractivity contribution >= 4 is 34.9 Å². The molecule has 1 aliphatic rings. The lowest BCUT2D eigenvalue weighted by Gasteiger charge is -2.31. The molecule has 1 aliphatic heterocycles. The maximum Gasteiger partial charge on any atom is 0.274 e. The molecule has 0 radical (unpaired) electrons. The van der Waals surface area contributed by atoms with Crippen LogP contribution in [0, 0.1) is 0 Å². The predicted molar refractivity (Wildman–Crippen MR) is 67.3 cm³/mol. The van der Waals surface area contributed by atoms with E-state index in [2.05, 4.69) is 9.88 Å². The van der Waals surface area contributed by atoms with Crippen molar-refractivity contribution in [2.75, 3.05) is 31.1 Å². The van der Waals surface area contributed by atoms with Gasteiger partial charge in [-0.15, -0.1) is 0 Å². The van der Waals surface area contributed by atoms with Gasteiger partial charge in [0.15, 0.2) is 4.84 Å². The second-order valence-electron chi connectivity index (χ2n) is 3.86. The first kappa shape index (κ1) is 12.5.